The monoisotopic (exact) mass is 167 g/mol. The molecule has 0 aliphatic heterocycles. The quantitative estimate of drug-likeness (QED) is 0.441. The van der Waals surface area contributed by atoms with Crippen LogP contribution in [0.4, 0.5) is 0 Å². The molecule has 0 amide bonds. The Balaban J connectivity index is 2.51. The van der Waals surface area contributed by atoms with E-state index in [9.17, 15) is 0 Å². The topological polar surface area (TPSA) is 66.5 Å². The number of terminal acetylenes is 1. The van der Waals surface area contributed by atoms with Crippen molar-refractivity contribution in [3.63, 3.8) is 0 Å². The van der Waals surface area contributed by atoms with Crippen LogP contribution < -0.4 is 5.32 Å². The number of rotatable bonds is 2. The fourth-order valence-corrected chi connectivity index (χ4v) is 0.627. The summed E-state index contributed by atoms with van der Waals surface area (Å²) >= 11 is 4.85. The van der Waals surface area contributed by atoms with Gasteiger partial charge in [0.2, 0.25) is 5.82 Å². The first-order valence-electron chi connectivity index (χ1n) is 2.79. The van der Waals surface area contributed by atoms with Crippen LogP contribution >= 0.6 is 12.2 Å². The van der Waals surface area contributed by atoms with Crippen LogP contribution in [0.25, 0.3) is 0 Å². The van der Waals surface area contributed by atoms with E-state index in [1.54, 1.807) is 0 Å². The maximum atomic E-state index is 4.99. The zero-order valence-corrected chi connectivity index (χ0v) is 6.35. The first-order chi connectivity index (χ1) is 5.34. The number of thiocarbonyl (C=S) groups is 1. The molecule has 0 unspecified atom stereocenters. The van der Waals surface area contributed by atoms with Crippen molar-refractivity contribution < 1.29 is 0 Å². The van der Waals surface area contributed by atoms with E-state index < -0.39 is 0 Å². The highest BCUT2D eigenvalue weighted by molar-refractivity contribution is 7.80. The molecule has 0 aliphatic rings. The summed E-state index contributed by atoms with van der Waals surface area (Å²) in [5.41, 5.74) is 0. The fourth-order valence-electron chi connectivity index (χ4n) is 0.468. The number of nitrogens with zero attached hydrogens (tertiary/aromatic N) is 3. The van der Waals surface area contributed by atoms with E-state index >= 15 is 0 Å². The van der Waals surface area contributed by atoms with Crippen LogP contribution in [0, 0.1) is 12.3 Å². The minimum absolute atomic E-state index is 0.357. The summed E-state index contributed by atoms with van der Waals surface area (Å²) in [6.45, 7) is 0.368. The molecule has 5 nitrogen and oxygen atoms in total. The van der Waals surface area contributed by atoms with Crippen molar-refractivity contribution in [2.45, 2.75) is 0 Å². The molecule has 56 valence electrons. The van der Waals surface area contributed by atoms with Crippen LogP contribution in [-0.4, -0.2) is 32.2 Å². The molecule has 2 N–H and O–H groups in total. The number of hydrogen-bond donors (Lipinski definition) is 2. The Morgan fingerprint density at radius 2 is 2.64 bits per heavy atom. The van der Waals surface area contributed by atoms with Crippen LogP contribution in [0.1, 0.15) is 5.82 Å². The largest absolute Gasteiger partial charge is 0.362 e. The summed E-state index contributed by atoms with van der Waals surface area (Å²) in [7, 11) is 0. The Morgan fingerprint density at radius 3 is 3.18 bits per heavy atom. The van der Waals surface area contributed by atoms with Crippen molar-refractivity contribution in [1.29, 1.82) is 0 Å². The number of hydrogen-bond acceptors (Lipinski definition) is 4. The van der Waals surface area contributed by atoms with Gasteiger partial charge in [0.05, 0.1) is 6.54 Å². The van der Waals surface area contributed by atoms with E-state index in [-0.39, 0.29) is 0 Å². The second-order valence-corrected chi connectivity index (χ2v) is 2.03. The third kappa shape index (κ3) is 1.98. The first-order valence-corrected chi connectivity index (χ1v) is 3.20. The van der Waals surface area contributed by atoms with Gasteiger partial charge in [-0.3, -0.25) is 0 Å². The van der Waals surface area contributed by atoms with Crippen LogP contribution in [-0.2, 0) is 0 Å². The number of tetrazole rings is 1. The molecule has 0 bridgehead atoms. The van der Waals surface area contributed by atoms with Gasteiger partial charge in [0, 0.05) is 0 Å². The first kappa shape index (κ1) is 7.63. The molecule has 0 atom stereocenters. The van der Waals surface area contributed by atoms with Gasteiger partial charge >= 0.3 is 0 Å². The van der Waals surface area contributed by atoms with Crippen molar-refractivity contribution in [3.8, 4) is 12.3 Å². The smallest absolute Gasteiger partial charge is 0.231 e. The van der Waals surface area contributed by atoms with Gasteiger partial charge in [0.15, 0.2) is 0 Å². The highest BCUT2D eigenvalue weighted by Gasteiger charge is 2.02. The zero-order valence-electron chi connectivity index (χ0n) is 5.53. The molecule has 6 heteroatoms. The molecule has 0 saturated carbocycles. The van der Waals surface area contributed by atoms with E-state index in [0.717, 1.165) is 0 Å². The van der Waals surface area contributed by atoms with Crippen molar-refractivity contribution in [3.05, 3.63) is 5.82 Å². The molecular weight excluding hydrogens is 162 g/mol. The molecule has 0 aliphatic carbocycles. The number of aromatic amines is 1. The van der Waals surface area contributed by atoms with Crippen LogP contribution in [0.2, 0.25) is 0 Å². The number of aromatic nitrogens is 4. The third-order valence-electron chi connectivity index (χ3n) is 0.899. The fraction of sp³-hybridized carbons (Fsp3) is 0.200. The van der Waals surface area contributed by atoms with Gasteiger partial charge in [-0.05, 0) is 5.21 Å². The molecule has 0 spiro atoms. The standard InChI is InChI=1S/C5H5N5S/c1-2-3-6-5(11)4-7-9-10-8-4/h1H,3H2,(H,6,11)(H,7,8,9,10). The molecule has 1 aromatic heterocycles. The average molecular weight is 167 g/mol. The lowest BCUT2D eigenvalue weighted by Crippen LogP contribution is -2.23. The van der Waals surface area contributed by atoms with Gasteiger partial charge < -0.3 is 5.32 Å². The predicted molar refractivity (Wildman–Crippen MR) is 42.7 cm³/mol. The van der Waals surface area contributed by atoms with Crippen LogP contribution in [0.3, 0.4) is 0 Å². The Kier molecular flexibility index (Phi) is 2.52. The second kappa shape index (κ2) is 3.63. The summed E-state index contributed by atoms with van der Waals surface area (Å²) in [6.07, 6.45) is 4.99. The summed E-state index contributed by atoms with van der Waals surface area (Å²) in [6, 6.07) is 0. The van der Waals surface area contributed by atoms with E-state index in [1.807, 2.05) is 0 Å². The molecule has 1 heterocycles. The Bertz CT molecular complexity index is 272. The van der Waals surface area contributed by atoms with Gasteiger partial charge in [-0.25, -0.2) is 0 Å². The molecule has 0 radical (unpaired) electrons. The molecule has 1 aromatic rings. The minimum atomic E-state index is 0.357. The van der Waals surface area contributed by atoms with Crippen molar-refractivity contribution in [1.82, 2.24) is 25.9 Å². The molecule has 1 rings (SSSR count). The predicted octanol–water partition coefficient (Wildman–Crippen LogP) is -0.902. The average Bonchev–Trinajstić information content (AvgIpc) is 2.52. The van der Waals surface area contributed by atoms with Gasteiger partial charge in [-0.2, -0.15) is 5.21 Å². The lowest BCUT2D eigenvalue weighted by molar-refractivity contribution is 0.881. The van der Waals surface area contributed by atoms with Gasteiger partial charge in [0.25, 0.3) is 0 Å². The molecule has 11 heavy (non-hydrogen) atoms. The summed E-state index contributed by atoms with van der Waals surface area (Å²) in [4.78, 5) is 0.400. The van der Waals surface area contributed by atoms with Crippen molar-refractivity contribution in [2.75, 3.05) is 6.54 Å². The van der Waals surface area contributed by atoms with E-state index in [0.29, 0.717) is 17.4 Å². The van der Waals surface area contributed by atoms with Gasteiger partial charge in [-0.15, -0.1) is 16.6 Å². The highest BCUT2D eigenvalue weighted by atomic mass is 32.1. The minimum Gasteiger partial charge on any atom is -0.362 e. The lowest BCUT2D eigenvalue weighted by atomic mass is 10.5. The molecule has 0 aromatic carbocycles. The second-order valence-electron chi connectivity index (χ2n) is 1.62. The SMILES string of the molecule is C#CCNC(=S)c1nn[nH]n1. The lowest BCUT2D eigenvalue weighted by Gasteiger charge is -1.96. The Hall–Kier alpha value is -1.48. The maximum absolute atomic E-state index is 4.99. The number of H-pyrrole nitrogens is 1. The van der Waals surface area contributed by atoms with Crippen molar-refractivity contribution in [2.24, 2.45) is 0 Å². The van der Waals surface area contributed by atoms with E-state index in [4.69, 9.17) is 18.6 Å². The molecular formula is C5H5N5S. The highest BCUT2D eigenvalue weighted by Crippen LogP contribution is 1.83. The number of nitrogens with one attached hydrogen (secondary N) is 2. The van der Waals surface area contributed by atoms with E-state index in [2.05, 4.69) is 31.9 Å². The summed E-state index contributed by atoms with van der Waals surface area (Å²) in [5.74, 6) is 2.73. The Labute approximate surface area is 68.6 Å². The Morgan fingerprint density at radius 1 is 1.82 bits per heavy atom. The van der Waals surface area contributed by atoms with Crippen LogP contribution in [0.5, 0.6) is 0 Å². The van der Waals surface area contributed by atoms with Crippen LogP contribution in [0.15, 0.2) is 0 Å². The molecule has 0 saturated heterocycles. The zero-order chi connectivity index (χ0) is 8.10. The van der Waals surface area contributed by atoms with Gasteiger partial charge in [-0.1, -0.05) is 18.1 Å². The summed E-state index contributed by atoms with van der Waals surface area (Å²) in [5, 5.41) is 15.7. The molecule has 0 fully saturated rings. The normalized spacial score (nSPS) is 8.64. The summed E-state index contributed by atoms with van der Waals surface area (Å²) < 4.78 is 0. The maximum Gasteiger partial charge on any atom is 0.231 e. The van der Waals surface area contributed by atoms with Crippen molar-refractivity contribution >= 4 is 17.2 Å². The third-order valence-corrected chi connectivity index (χ3v) is 1.23. The van der Waals surface area contributed by atoms with E-state index in [1.165, 1.54) is 0 Å². The van der Waals surface area contributed by atoms with Gasteiger partial charge in [0.1, 0.15) is 4.99 Å².